The first-order valence-electron chi connectivity index (χ1n) is 7.68. The smallest absolute Gasteiger partial charge is 0.271 e. The number of nitro benzene ring substituents is 1. The summed E-state index contributed by atoms with van der Waals surface area (Å²) >= 11 is 0. The van der Waals surface area contributed by atoms with Gasteiger partial charge in [0.1, 0.15) is 11.3 Å². The second-order valence-electron chi connectivity index (χ2n) is 5.52. The molecular weight excluding hydrogens is 318 g/mol. The van der Waals surface area contributed by atoms with Gasteiger partial charge in [0.25, 0.3) is 5.69 Å². The molecule has 0 saturated heterocycles. The van der Waals surface area contributed by atoms with Gasteiger partial charge in [-0.1, -0.05) is 6.07 Å². The van der Waals surface area contributed by atoms with E-state index in [9.17, 15) is 10.1 Å². The van der Waals surface area contributed by atoms with Crippen molar-refractivity contribution in [2.45, 2.75) is 6.42 Å². The number of hydrogen-bond acceptors (Lipinski definition) is 5. The van der Waals surface area contributed by atoms with E-state index in [1.165, 1.54) is 12.1 Å². The van der Waals surface area contributed by atoms with E-state index in [1.807, 2.05) is 34.9 Å². The van der Waals surface area contributed by atoms with Crippen LogP contribution in [-0.2, 0) is 6.42 Å². The van der Waals surface area contributed by atoms with Gasteiger partial charge in [0.15, 0.2) is 5.65 Å². The van der Waals surface area contributed by atoms with Gasteiger partial charge in [0.05, 0.1) is 10.6 Å². The Kier molecular flexibility index (Phi) is 3.66. The normalized spacial score (nSPS) is 10.9. The third-order valence-electron chi connectivity index (χ3n) is 3.90. The number of hydrogen-bond donors (Lipinski definition) is 0. The third-order valence-corrected chi connectivity index (χ3v) is 3.90. The summed E-state index contributed by atoms with van der Waals surface area (Å²) in [5.74, 6) is 0.764. The predicted octanol–water partition coefficient (Wildman–Crippen LogP) is 3.31. The van der Waals surface area contributed by atoms with E-state index in [-0.39, 0.29) is 5.69 Å². The van der Waals surface area contributed by atoms with E-state index in [1.54, 1.807) is 24.7 Å². The highest BCUT2D eigenvalue weighted by Gasteiger charge is 2.16. The van der Waals surface area contributed by atoms with Gasteiger partial charge in [0.2, 0.25) is 0 Å². The van der Waals surface area contributed by atoms with E-state index >= 15 is 0 Å². The first-order valence-corrected chi connectivity index (χ1v) is 7.68. The van der Waals surface area contributed by atoms with Gasteiger partial charge in [-0.15, -0.1) is 0 Å². The van der Waals surface area contributed by atoms with Gasteiger partial charge in [-0.25, -0.2) is 9.97 Å². The molecule has 0 aliphatic carbocycles. The summed E-state index contributed by atoms with van der Waals surface area (Å²) in [5, 5.41) is 11.1. The van der Waals surface area contributed by atoms with Crippen molar-refractivity contribution in [1.29, 1.82) is 0 Å². The molecule has 7 nitrogen and oxygen atoms in total. The Morgan fingerprint density at radius 3 is 2.68 bits per heavy atom. The quantitative estimate of drug-likeness (QED) is 0.423. The summed E-state index contributed by atoms with van der Waals surface area (Å²) in [7, 11) is 0. The van der Waals surface area contributed by atoms with Gasteiger partial charge in [0, 0.05) is 37.1 Å². The molecule has 0 aliphatic rings. The molecule has 0 saturated carbocycles. The molecule has 0 aliphatic heterocycles. The first kappa shape index (κ1) is 14.9. The lowest BCUT2D eigenvalue weighted by atomic mass is 10.2. The van der Waals surface area contributed by atoms with Crippen molar-refractivity contribution in [2.75, 3.05) is 0 Å². The van der Waals surface area contributed by atoms with Gasteiger partial charge in [-0.2, -0.15) is 0 Å². The fourth-order valence-corrected chi connectivity index (χ4v) is 2.78. The zero-order valence-electron chi connectivity index (χ0n) is 13.1. The fourth-order valence-electron chi connectivity index (χ4n) is 2.78. The molecule has 3 heterocycles. The van der Waals surface area contributed by atoms with Crippen molar-refractivity contribution in [3.05, 3.63) is 88.6 Å². The number of benzene rings is 1. The first-order chi connectivity index (χ1) is 12.2. The molecule has 0 N–H and O–H groups in total. The van der Waals surface area contributed by atoms with Crippen molar-refractivity contribution in [3.8, 4) is 5.69 Å². The van der Waals surface area contributed by atoms with Crippen LogP contribution in [0.15, 0.2) is 67.1 Å². The molecule has 7 heteroatoms. The lowest BCUT2D eigenvalue weighted by Gasteiger charge is -2.08. The standard InChI is InChI=1S/C18H13N5O2/c24-23(25)15-4-1-3-14(12-15)22-17(11-13-6-9-19-10-7-13)21-16-5-2-8-20-18(16)22/h1-10,12H,11H2. The van der Waals surface area contributed by atoms with E-state index in [0.717, 1.165) is 16.9 Å². The van der Waals surface area contributed by atoms with Crippen molar-refractivity contribution in [3.63, 3.8) is 0 Å². The molecule has 0 radical (unpaired) electrons. The SMILES string of the molecule is O=[N+]([O-])c1cccc(-n2c(Cc3ccncc3)nc3cccnc32)c1. The van der Waals surface area contributed by atoms with Gasteiger partial charge in [-0.05, 0) is 35.9 Å². The van der Waals surface area contributed by atoms with Crippen molar-refractivity contribution in [2.24, 2.45) is 0 Å². The zero-order valence-corrected chi connectivity index (χ0v) is 13.1. The Morgan fingerprint density at radius 2 is 1.88 bits per heavy atom. The number of nitro groups is 1. The monoisotopic (exact) mass is 331 g/mol. The van der Waals surface area contributed by atoms with Gasteiger partial charge < -0.3 is 0 Å². The molecule has 0 bridgehead atoms. The van der Waals surface area contributed by atoms with Crippen LogP contribution < -0.4 is 0 Å². The molecule has 122 valence electrons. The summed E-state index contributed by atoms with van der Waals surface area (Å²) in [4.78, 5) is 23.8. The largest absolute Gasteiger partial charge is 0.280 e. The maximum absolute atomic E-state index is 11.1. The number of rotatable bonds is 4. The van der Waals surface area contributed by atoms with Gasteiger partial charge in [-0.3, -0.25) is 19.7 Å². The van der Waals surface area contributed by atoms with Crippen molar-refractivity contribution >= 4 is 16.9 Å². The highest BCUT2D eigenvalue weighted by atomic mass is 16.6. The van der Waals surface area contributed by atoms with Crippen LogP contribution in [0.4, 0.5) is 5.69 Å². The lowest BCUT2D eigenvalue weighted by molar-refractivity contribution is -0.384. The van der Waals surface area contributed by atoms with E-state index < -0.39 is 4.92 Å². The predicted molar refractivity (Wildman–Crippen MR) is 92.6 cm³/mol. The second kappa shape index (κ2) is 6.12. The molecule has 0 atom stereocenters. The Morgan fingerprint density at radius 1 is 1.04 bits per heavy atom. The minimum atomic E-state index is -0.404. The average Bonchev–Trinajstić information content (AvgIpc) is 3.00. The molecule has 25 heavy (non-hydrogen) atoms. The van der Waals surface area contributed by atoms with Gasteiger partial charge >= 0.3 is 0 Å². The Balaban J connectivity index is 1.90. The highest BCUT2D eigenvalue weighted by Crippen LogP contribution is 2.24. The summed E-state index contributed by atoms with van der Waals surface area (Å²) < 4.78 is 1.86. The Hall–Kier alpha value is -3.61. The Bertz CT molecular complexity index is 1060. The summed E-state index contributed by atoms with van der Waals surface area (Å²) in [6.07, 6.45) is 5.72. The third kappa shape index (κ3) is 2.83. The van der Waals surface area contributed by atoms with Crippen LogP contribution in [0.1, 0.15) is 11.4 Å². The van der Waals surface area contributed by atoms with Crippen LogP contribution in [-0.4, -0.2) is 24.4 Å². The van der Waals surface area contributed by atoms with Crippen molar-refractivity contribution in [1.82, 2.24) is 19.5 Å². The molecule has 0 unspecified atom stereocenters. The van der Waals surface area contributed by atoms with Crippen LogP contribution in [0.5, 0.6) is 0 Å². The minimum absolute atomic E-state index is 0.0325. The summed E-state index contributed by atoms with van der Waals surface area (Å²) in [5.41, 5.74) is 3.17. The number of fused-ring (bicyclic) bond motifs is 1. The number of pyridine rings is 2. The molecule has 0 amide bonds. The lowest BCUT2D eigenvalue weighted by Crippen LogP contribution is -2.03. The number of imidazole rings is 1. The van der Waals surface area contributed by atoms with Crippen molar-refractivity contribution < 1.29 is 4.92 Å². The molecular formula is C18H13N5O2. The zero-order chi connectivity index (χ0) is 17.2. The highest BCUT2D eigenvalue weighted by molar-refractivity contribution is 5.74. The molecule has 0 spiro atoms. The van der Waals surface area contributed by atoms with Crippen LogP contribution in [0.25, 0.3) is 16.9 Å². The second-order valence-corrected chi connectivity index (χ2v) is 5.52. The average molecular weight is 331 g/mol. The fraction of sp³-hybridized carbons (Fsp3) is 0.0556. The van der Waals surface area contributed by atoms with Crippen LogP contribution in [0, 0.1) is 10.1 Å². The van der Waals surface area contributed by atoms with E-state index in [4.69, 9.17) is 0 Å². The molecule has 4 rings (SSSR count). The summed E-state index contributed by atoms with van der Waals surface area (Å²) in [6.45, 7) is 0. The molecule has 3 aromatic heterocycles. The van der Waals surface area contributed by atoms with E-state index in [2.05, 4.69) is 15.0 Å². The van der Waals surface area contributed by atoms with Crippen LogP contribution in [0.3, 0.4) is 0 Å². The van der Waals surface area contributed by atoms with E-state index in [0.29, 0.717) is 17.8 Å². The number of aromatic nitrogens is 4. The maximum atomic E-state index is 11.1. The number of non-ortho nitro benzene ring substituents is 1. The molecule has 4 aromatic rings. The molecule has 0 fully saturated rings. The van der Waals surface area contributed by atoms with Crippen LogP contribution in [0.2, 0.25) is 0 Å². The molecule has 1 aromatic carbocycles. The summed E-state index contributed by atoms with van der Waals surface area (Å²) in [6, 6.07) is 14.0. The maximum Gasteiger partial charge on any atom is 0.271 e. The topological polar surface area (TPSA) is 86.7 Å². The Labute approximate surface area is 142 Å². The minimum Gasteiger partial charge on any atom is -0.280 e. The van der Waals surface area contributed by atoms with Crippen LogP contribution >= 0.6 is 0 Å². The number of nitrogens with zero attached hydrogens (tertiary/aromatic N) is 5.